The van der Waals surface area contributed by atoms with Crippen LogP contribution in [-0.4, -0.2) is 28.0 Å². The minimum Gasteiger partial charge on any atom is -0.342 e. The summed E-state index contributed by atoms with van der Waals surface area (Å²) in [6.45, 7) is 1.76. The monoisotopic (exact) mass is 414 g/mol. The van der Waals surface area contributed by atoms with Gasteiger partial charge in [-0.1, -0.05) is 17.1 Å². The summed E-state index contributed by atoms with van der Waals surface area (Å²) in [5, 5.41) is 3.88. The molecular formula is C21H19F3N5O+. The fraction of sp³-hybridized carbons (Fsp3) is 0.286. The standard InChI is InChI=1S/C21H18F3N5O/c22-21(23,24)14-8-10-15(11-9-14)28-20(30)19-25-18(27-12-4-1-5-13-27)16-6-2-3-7-17(16)29(19)26-28/h2-3,6-11H,1,4-5,12-13H2/p+1. The molecule has 5 rings (SSSR count). The van der Waals surface area contributed by atoms with Crippen LogP contribution < -0.4 is 15.0 Å². The molecule has 6 nitrogen and oxygen atoms in total. The third kappa shape index (κ3) is 3.01. The maximum Gasteiger partial charge on any atom is 0.416 e. The zero-order valence-corrected chi connectivity index (χ0v) is 16.0. The first-order chi connectivity index (χ1) is 14.4. The van der Waals surface area contributed by atoms with Crippen molar-refractivity contribution in [3.63, 3.8) is 0 Å². The summed E-state index contributed by atoms with van der Waals surface area (Å²) in [5.74, 6) is 0.765. The van der Waals surface area contributed by atoms with Crippen molar-refractivity contribution in [2.24, 2.45) is 0 Å². The highest BCUT2D eigenvalue weighted by atomic mass is 19.4. The maximum atomic E-state index is 13.1. The largest absolute Gasteiger partial charge is 0.416 e. The Labute approximate surface area is 169 Å². The van der Waals surface area contributed by atoms with E-state index >= 15 is 0 Å². The van der Waals surface area contributed by atoms with Gasteiger partial charge in [0.2, 0.25) is 5.82 Å². The molecule has 9 heteroatoms. The van der Waals surface area contributed by atoms with Crippen molar-refractivity contribution in [1.29, 1.82) is 0 Å². The van der Waals surface area contributed by atoms with Crippen molar-refractivity contribution in [3.05, 3.63) is 64.4 Å². The summed E-state index contributed by atoms with van der Waals surface area (Å²) < 4.78 is 41.4. The Balaban J connectivity index is 1.70. The molecule has 1 fully saturated rings. The van der Waals surface area contributed by atoms with Crippen LogP contribution in [0, 0.1) is 0 Å². The summed E-state index contributed by atoms with van der Waals surface area (Å²) in [6, 6.07) is 12.1. The molecule has 0 radical (unpaired) electrons. The smallest absolute Gasteiger partial charge is 0.342 e. The van der Waals surface area contributed by atoms with Crippen molar-refractivity contribution in [3.8, 4) is 5.69 Å². The Morgan fingerprint density at radius 1 is 0.967 bits per heavy atom. The van der Waals surface area contributed by atoms with E-state index in [0.717, 1.165) is 54.8 Å². The fourth-order valence-corrected chi connectivity index (χ4v) is 3.99. The van der Waals surface area contributed by atoms with Crippen LogP contribution in [0.2, 0.25) is 0 Å². The van der Waals surface area contributed by atoms with Crippen LogP contribution >= 0.6 is 0 Å². The lowest BCUT2D eigenvalue weighted by molar-refractivity contribution is -0.557. The molecule has 1 aliphatic heterocycles. The molecule has 0 bridgehead atoms. The summed E-state index contributed by atoms with van der Waals surface area (Å²) in [4.78, 5) is 20.0. The van der Waals surface area contributed by atoms with E-state index in [0.29, 0.717) is 5.69 Å². The highest BCUT2D eigenvalue weighted by Crippen LogP contribution is 2.29. The number of hydrogen-bond donors (Lipinski definition) is 1. The first-order valence-corrected chi connectivity index (χ1v) is 9.81. The molecule has 1 aliphatic rings. The zero-order chi connectivity index (χ0) is 20.9. The van der Waals surface area contributed by atoms with Gasteiger partial charge in [-0.05, 0) is 55.7 Å². The number of fused-ring (bicyclic) bond motifs is 3. The lowest BCUT2D eigenvalue weighted by Crippen LogP contribution is -2.34. The summed E-state index contributed by atoms with van der Waals surface area (Å²) in [5.41, 5.74) is 0.111. The Kier molecular flexibility index (Phi) is 4.27. The van der Waals surface area contributed by atoms with Crippen LogP contribution in [0.25, 0.3) is 22.2 Å². The van der Waals surface area contributed by atoms with Crippen molar-refractivity contribution in [2.45, 2.75) is 25.4 Å². The minimum atomic E-state index is -4.43. The normalized spacial score (nSPS) is 15.2. The van der Waals surface area contributed by atoms with Crippen LogP contribution in [0.1, 0.15) is 24.8 Å². The number of alkyl halides is 3. The number of H-pyrrole nitrogens is 1. The van der Waals surface area contributed by atoms with Gasteiger partial charge in [-0.2, -0.15) is 13.2 Å². The number of benzene rings is 2. The maximum absolute atomic E-state index is 13.1. The van der Waals surface area contributed by atoms with Gasteiger partial charge in [0.25, 0.3) is 0 Å². The van der Waals surface area contributed by atoms with Crippen LogP contribution in [-0.2, 0) is 6.18 Å². The first kappa shape index (κ1) is 18.7. The fourth-order valence-electron chi connectivity index (χ4n) is 3.99. The Bertz CT molecular complexity index is 1280. The van der Waals surface area contributed by atoms with E-state index in [1.54, 1.807) is 4.52 Å². The third-order valence-electron chi connectivity index (χ3n) is 5.51. The van der Waals surface area contributed by atoms with Crippen molar-refractivity contribution in [1.82, 2.24) is 14.9 Å². The summed E-state index contributed by atoms with van der Waals surface area (Å²) >= 11 is 0. The Morgan fingerprint density at radius 3 is 2.37 bits per heavy atom. The van der Waals surface area contributed by atoms with Gasteiger partial charge in [0.1, 0.15) is 11.2 Å². The van der Waals surface area contributed by atoms with Gasteiger partial charge >= 0.3 is 17.4 Å². The number of hydrogen-bond acceptors (Lipinski definition) is 3. The number of rotatable bonds is 2. The average Bonchev–Trinajstić information content (AvgIpc) is 3.10. The van der Waals surface area contributed by atoms with Crippen molar-refractivity contribution in [2.75, 3.05) is 18.0 Å². The quantitative estimate of drug-likeness (QED) is 0.511. The molecule has 1 saturated heterocycles. The van der Waals surface area contributed by atoms with Crippen LogP contribution in [0.15, 0.2) is 53.3 Å². The topological polar surface area (TPSA) is 58.0 Å². The van der Waals surface area contributed by atoms with Gasteiger partial charge in [0.05, 0.1) is 10.9 Å². The van der Waals surface area contributed by atoms with Gasteiger partial charge in [-0.15, -0.1) is 14.4 Å². The second-order valence-corrected chi connectivity index (χ2v) is 7.44. The molecule has 0 spiro atoms. The number of nitrogens with one attached hydrogen (secondary N) is 1. The lowest BCUT2D eigenvalue weighted by atomic mass is 10.1. The van der Waals surface area contributed by atoms with E-state index in [-0.39, 0.29) is 5.65 Å². The molecule has 0 aliphatic carbocycles. The van der Waals surface area contributed by atoms with E-state index in [2.05, 4.69) is 15.1 Å². The number of nitrogens with zero attached hydrogens (tertiary/aromatic N) is 4. The van der Waals surface area contributed by atoms with E-state index in [9.17, 15) is 18.0 Å². The van der Waals surface area contributed by atoms with Gasteiger partial charge in [0.15, 0.2) is 0 Å². The van der Waals surface area contributed by atoms with Gasteiger partial charge in [-0.3, -0.25) is 0 Å². The van der Waals surface area contributed by atoms with Crippen molar-refractivity contribution < 1.29 is 17.7 Å². The van der Waals surface area contributed by atoms with E-state index in [1.165, 1.54) is 23.2 Å². The van der Waals surface area contributed by atoms with Crippen molar-refractivity contribution >= 4 is 22.4 Å². The molecule has 3 heterocycles. The Hall–Kier alpha value is -3.36. The molecule has 0 unspecified atom stereocenters. The number of anilines is 1. The SMILES string of the molecule is O=c1c2nc(N3CCCCC3)c3ccccc3[n+]2[nH]n1-c1ccc(C(F)(F)F)cc1. The number of piperidine rings is 1. The van der Waals surface area contributed by atoms with Gasteiger partial charge in [0, 0.05) is 13.1 Å². The molecule has 2 aromatic carbocycles. The molecule has 0 amide bonds. The molecule has 0 saturated carbocycles. The molecule has 4 aromatic rings. The molecular weight excluding hydrogens is 395 g/mol. The van der Waals surface area contributed by atoms with E-state index < -0.39 is 17.3 Å². The zero-order valence-electron chi connectivity index (χ0n) is 16.0. The number of halogens is 3. The number of para-hydroxylation sites is 1. The predicted octanol–water partition coefficient (Wildman–Crippen LogP) is 3.46. The summed E-state index contributed by atoms with van der Waals surface area (Å²) in [7, 11) is 0. The third-order valence-corrected chi connectivity index (χ3v) is 5.51. The highest BCUT2D eigenvalue weighted by Gasteiger charge is 2.31. The van der Waals surface area contributed by atoms with Crippen LogP contribution in [0.3, 0.4) is 0 Å². The Morgan fingerprint density at radius 2 is 1.67 bits per heavy atom. The lowest BCUT2D eigenvalue weighted by Gasteiger charge is -2.26. The van der Waals surface area contributed by atoms with Gasteiger partial charge < -0.3 is 4.90 Å². The molecule has 1 N–H and O–H groups in total. The van der Waals surface area contributed by atoms with E-state index in [4.69, 9.17) is 0 Å². The first-order valence-electron chi connectivity index (χ1n) is 9.81. The molecule has 0 atom stereocenters. The van der Waals surface area contributed by atoms with Crippen LogP contribution in [0.4, 0.5) is 19.0 Å². The molecule has 2 aromatic heterocycles. The number of aromatic amines is 1. The summed E-state index contributed by atoms with van der Waals surface area (Å²) in [6.07, 6.45) is -1.11. The minimum absolute atomic E-state index is 0.203. The highest BCUT2D eigenvalue weighted by molar-refractivity contribution is 5.88. The van der Waals surface area contributed by atoms with Gasteiger partial charge in [-0.25, -0.2) is 4.79 Å². The predicted molar refractivity (Wildman–Crippen MR) is 106 cm³/mol. The second kappa shape index (κ2) is 6.86. The number of aromatic nitrogens is 4. The van der Waals surface area contributed by atoms with E-state index in [1.807, 2.05) is 24.3 Å². The molecule has 30 heavy (non-hydrogen) atoms. The molecule has 154 valence electrons. The average molecular weight is 414 g/mol. The van der Waals surface area contributed by atoms with Crippen LogP contribution in [0.5, 0.6) is 0 Å². The second-order valence-electron chi connectivity index (χ2n) is 7.44.